The standard InChI is InChI=1S/C20H30N2O4/c1-19(2,3)26-18(24)22-13-9-8-12-20(4,15-22)21-17(23)25-14-16-10-6-5-7-11-16/h5-7,10-11H,8-9,12-15H2,1-4H3,(H,21,23)/t20-/m0/s1. The molecule has 1 fully saturated rings. The minimum atomic E-state index is -0.541. The number of nitrogens with one attached hydrogen (secondary N) is 1. The van der Waals surface area contributed by atoms with Crippen LogP contribution in [0.3, 0.4) is 0 Å². The van der Waals surface area contributed by atoms with E-state index in [9.17, 15) is 9.59 Å². The highest BCUT2D eigenvalue weighted by Crippen LogP contribution is 2.22. The molecule has 0 bridgehead atoms. The fourth-order valence-electron chi connectivity index (χ4n) is 2.99. The van der Waals surface area contributed by atoms with Crippen molar-refractivity contribution in [2.24, 2.45) is 0 Å². The Hall–Kier alpha value is -2.24. The summed E-state index contributed by atoms with van der Waals surface area (Å²) in [5, 5.41) is 2.94. The lowest BCUT2D eigenvalue weighted by molar-refractivity contribution is 0.0210. The summed E-state index contributed by atoms with van der Waals surface area (Å²) in [6.45, 7) is 8.74. The number of rotatable bonds is 3. The highest BCUT2D eigenvalue weighted by Gasteiger charge is 2.35. The number of carbonyl (C=O) groups excluding carboxylic acids is 2. The van der Waals surface area contributed by atoms with Gasteiger partial charge in [-0.3, -0.25) is 0 Å². The lowest BCUT2D eigenvalue weighted by Gasteiger charge is -2.34. The summed E-state index contributed by atoms with van der Waals surface area (Å²) in [5.74, 6) is 0. The molecular weight excluding hydrogens is 332 g/mol. The fourth-order valence-corrected chi connectivity index (χ4v) is 2.99. The average molecular weight is 362 g/mol. The molecule has 6 heteroatoms. The second-order valence-electron chi connectivity index (χ2n) is 8.11. The van der Waals surface area contributed by atoms with Crippen LogP contribution in [-0.2, 0) is 16.1 Å². The summed E-state index contributed by atoms with van der Waals surface area (Å²) in [5.41, 5.74) is -0.146. The lowest BCUT2D eigenvalue weighted by Crippen LogP contribution is -2.54. The maximum atomic E-state index is 12.4. The van der Waals surface area contributed by atoms with Gasteiger partial charge in [-0.05, 0) is 52.5 Å². The van der Waals surface area contributed by atoms with Crippen LogP contribution in [0.2, 0.25) is 0 Å². The molecule has 144 valence electrons. The maximum Gasteiger partial charge on any atom is 0.410 e. The first-order valence-electron chi connectivity index (χ1n) is 9.14. The Morgan fingerprint density at radius 3 is 2.54 bits per heavy atom. The van der Waals surface area contributed by atoms with Gasteiger partial charge >= 0.3 is 12.2 Å². The molecule has 2 amide bonds. The molecule has 1 aromatic rings. The Balaban J connectivity index is 1.93. The van der Waals surface area contributed by atoms with Crippen molar-refractivity contribution in [1.82, 2.24) is 10.2 Å². The van der Waals surface area contributed by atoms with Crippen molar-refractivity contribution in [1.29, 1.82) is 0 Å². The van der Waals surface area contributed by atoms with Crippen LogP contribution in [0.5, 0.6) is 0 Å². The van der Waals surface area contributed by atoms with Gasteiger partial charge in [0.2, 0.25) is 0 Å². The number of likely N-dealkylation sites (tertiary alicyclic amines) is 1. The van der Waals surface area contributed by atoms with E-state index in [1.165, 1.54) is 0 Å². The van der Waals surface area contributed by atoms with E-state index >= 15 is 0 Å². The Bertz CT molecular complexity index is 612. The molecule has 6 nitrogen and oxygen atoms in total. The van der Waals surface area contributed by atoms with E-state index in [-0.39, 0.29) is 12.7 Å². The minimum absolute atomic E-state index is 0.221. The monoisotopic (exact) mass is 362 g/mol. The highest BCUT2D eigenvalue weighted by atomic mass is 16.6. The zero-order valence-electron chi connectivity index (χ0n) is 16.2. The Morgan fingerprint density at radius 2 is 1.88 bits per heavy atom. The van der Waals surface area contributed by atoms with Gasteiger partial charge in [0.1, 0.15) is 12.2 Å². The lowest BCUT2D eigenvalue weighted by atomic mass is 9.96. The molecule has 1 aliphatic rings. The molecule has 1 heterocycles. The van der Waals surface area contributed by atoms with E-state index in [1.807, 2.05) is 58.0 Å². The molecule has 1 N–H and O–H groups in total. The van der Waals surface area contributed by atoms with E-state index in [4.69, 9.17) is 9.47 Å². The van der Waals surface area contributed by atoms with Crippen molar-refractivity contribution in [3.8, 4) is 0 Å². The van der Waals surface area contributed by atoms with Gasteiger partial charge < -0.3 is 19.7 Å². The molecule has 0 saturated carbocycles. The summed E-state index contributed by atoms with van der Waals surface area (Å²) in [7, 11) is 0. The van der Waals surface area contributed by atoms with Gasteiger partial charge in [-0.25, -0.2) is 9.59 Å². The van der Waals surface area contributed by atoms with Crippen LogP contribution in [0.4, 0.5) is 9.59 Å². The summed E-state index contributed by atoms with van der Waals surface area (Å²) in [6.07, 6.45) is 1.78. The molecule has 1 aliphatic heterocycles. The van der Waals surface area contributed by atoms with Gasteiger partial charge in [-0.15, -0.1) is 0 Å². The number of alkyl carbamates (subject to hydrolysis) is 1. The van der Waals surface area contributed by atoms with Crippen LogP contribution in [-0.4, -0.2) is 41.3 Å². The second kappa shape index (κ2) is 8.43. The first-order valence-corrected chi connectivity index (χ1v) is 9.14. The number of hydrogen-bond acceptors (Lipinski definition) is 4. The summed E-state index contributed by atoms with van der Waals surface area (Å²) >= 11 is 0. The third kappa shape index (κ3) is 6.58. The second-order valence-corrected chi connectivity index (χ2v) is 8.11. The van der Waals surface area contributed by atoms with Gasteiger partial charge in [0.15, 0.2) is 0 Å². The van der Waals surface area contributed by atoms with E-state index < -0.39 is 17.2 Å². The van der Waals surface area contributed by atoms with E-state index in [0.717, 1.165) is 24.8 Å². The molecule has 1 atom stereocenters. The smallest absolute Gasteiger partial charge is 0.410 e. The van der Waals surface area contributed by atoms with Gasteiger partial charge in [0.25, 0.3) is 0 Å². The molecule has 1 aromatic carbocycles. The van der Waals surface area contributed by atoms with Crippen LogP contribution >= 0.6 is 0 Å². The van der Waals surface area contributed by atoms with Crippen LogP contribution < -0.4 is 5.32 Å². The SMILES string of the molecule is CC(C)(C)OC(=O)N1CCCC[C@](C)(NC(=O)OCc2ccccc2)C1. The maximum absolute atomic E-state index is 12.4. The normalized spacial score (nSPS) is 20.8. The average Bonchev–Trinajstić information content (AvgIpc) is 2.74. The van der Waals surface area contributed by atoms with E-state index in [1.54, 1.807) is 4.90 Å². The van der Waals surface area contributed by atoms with Gasteiger partial charge in [0.05, 0.1) is 5.54 Å². The minimum Gasteiger partial charge on any atom is -0.445 e. The van der Waals surface area contributed by atoms with Crippen molar-refractivity contribution in [2.75, 3.05) is 13.1 Å². The molecule has 0 radical (unpaired) electrons. The number of ether oxygens (including phenoxy) is 2. The predicted octanol–water partition coefficient (Wildman–Crippen LogP) is 4.09. The zero-order valence-corrected chi connectivity index (χ0v) is 16.2. The van der Waals surface area contributed by atoms with Crippen LogP contribution in [0, 0.1) is 0 Å². The number of amides is 2. The van der Waals surface area contributed by atoms with Gasteiger partial charge in [-0.2, -0.15) is 0 Å². The molecule has 0 aromatic heterocycles. The fraction of sp³-hybridized carbons (Fsp3) is 0.600. The van der Waals surface area contributed by atoms with E-state index in [0.29, 0.717) is 13.1 Å². The molecule has 1 saturated heterocycles. The molecule has 0 spiro atoms. The Kier molecular flexibility index (Phi) is 6.51. The third-order valence-corrected chi connectivity index (χ3v) is 4.21. The first-order chi connectivity index (χ1) is 12.2. The largest absolute Gasteiger partial charge is 0.445 e. The number of carbonyl (C=O) groups is 2. The van der Waals surface area contributed by atoms with Crippen LogP contribution in [0.25, 0.3) is 0 Å². The summed E-state index contributed by atoms with van der Waals surface area (Å²) in [6, 6.07) is 9.54. The highest BCUT2D eigenvalue weighted by molar-refractivity contribution is 5.70. The summed E-state index contributed by atoms with van der Waals surface area (Å²) in [4.78, 5) is 26.3. The van der Waals surface area contributed by atoms with Gasteiger partial charge in [-0.1, -0.05) is 30.3 Å². The first kappa shape index (κ1) is 20.1. The Labute approximate surface area is 155 Å². The predicted molar refractivity (Wildman–Crippen MR) is 99.8 cm³/mol. The van der Waals surface area contributed by atoms with Crippen molar-refractivity contribution in [3.63, 3.8) is 0 Å². The number of nitrogens with zero attached hydrogens (tertiary/aromatic N) is 1. The van der Waals surface area contributed by atoms with Gasteiger partial charge in [0, 0.05) is 13.1 Å². The summed E-state index contributed by atoms with van der Waals surface area (Å²) < 4.78 is 10.8. The third-order valence-electron chi connectivity index (χ3n) is 4.21. The van der Waals surface area contributed by atoms with Crippen molar-refractivity contribution in [2.45, 2.75) is 64.7 Å². The van der Waals surface area contributed by atoms with Crippen molar-refractivity contribution in [3.05, 3.63) is 35.9 Å². The van der Waals surface area contributed by atoms with Crippen molar-refractivity contribution >= 4 is 12.2 Å². The molecule has 2 rings (SSSR count). The van der Waals surface area contributed by atoms with Crippen molar-refractivity contribution < 1.29 is 19.1 Å². The quantitative estimate of drug-likeness (QED) is 0.879. The number of benzene rings is 1. The van der Waals surface area contributed by atoms with Crippen LogP contribution in [0.15, 0.2) is 30.3 Å². The van der Waals surface area contributed by atoms with E-state index in [2.05, 4.69) is 5.32 Å². The number of hydrogen-bond donors (Lipinski definition) is 1. The Morgan fingerprint density at radius 1 is 1.19 bits per heavy atom. The van der Waals surface area contributed by atoms with Crippen LogP contribution in [0.1, 0.15) is 52.5 Å². The molecule has 0 aliphatic carbocycles. The molecule has 26 heavy (non-hydrogen) atoms. The topological polar surface area (TPSA) is 67.9 Å². The molecular formula is C20H30N2O4. The molecule has 0 unspecified atom stereocenters. The zero-order chi connectivity index (χ0) is 19.2.